The standard InChI is InChI=1S/C20H28N4O.2ClH/c1-13(2)24-17-7-5-4-6-16(17)23-18(24)14(3)22-19(25)15-12-20(15)8-10-21-11-9-20;;/h4-7,13-15,21H,8-12H2,1-3H3,(H,22,25);2*1H. The first-order valence-corrected chi connectivity index (χ1v) is 9.50. The molecule has 1 spiro atoms. The number of halogens is 2. The van der Waals surface area contributed by atoms with E-state index in [2.05, 4.69) is 42.0 Å². The highest BCUT2D eigenvalue weighted by Gasteiger charge is 2.57. The average molecular weight is 413 g/mol. The number of nitrogens with zero attached hydrogens (tertiary/aromatic N) is 2. The van der Waals surface area contributed by atoms with Gasteiger partial charge in [0, 0.05) is 12.0 Å². The molecule has 4 rings (SSSR count). The fraction of sp³-hybridized carbons (Fsp3) is 0.600. The Bertz CT molecular complexity index is 798. The molecule has 1 amide bonds. The molecule has 0 bridgehead atoms. The molecule has 2 fully saturated rings. The molecule has 2 heterocycles. The number of benzene rings is 1. The fourth-order valence-electron chi connectivity index (χ4n) is 4.49. The molecule has 1 aromatic carbocycles. The number of carbonyl (C=O) groups excluding carboxylic acids is 1. The number of rotatable bonds is 4. The zero-order valence-corrected chi connectivity index (χ0v) is 17.8. The van der Waals surface area contributed by atoms with Crippen molar-refractivity contribution >= 4 is 41.8 Å². The number of imidazole rings is 1. The molecular weight excluding hydrogens is 383 g/mol. The molecule has 7 heteroatoms. The molecule has 2 unspecified atom stereocenters. The highest BCUT2D eigenvalue weighted by Crippen LogP contribution is 2.58. The van der Waals surface area contributed by atoms with Gasteiger partial charge in [0.15, 0.2) is 0 Å². The van der Waals surface area contributed by atoms with Gasteiger partial charge in [-0.15, -0.1) is 24.8 Å². The number of hydrogen-bond donors (Lipinski definition) is 2. The van der Waals surface area contributed by atoms with E-state index < -0.39 is 0 Å². The summed E-state index contributed by atoms with van der Waals surface area (Å²) in [5.41, 5.74) is 2.40. The molecule has 1 aliphatic carbocycles. The number of nitrogens with one attached hydrogen (secondary N) is 2. The van der Waals surface area contributed by atoms with E-state index in [1.807, 2.05) is 18.2 Å². The van der Waals surface area contributed by atoms with Gasteiger partial charge in [-0.2, -0.15) is 0 Å². The third-order valence-electron chi connectivity index (χ3n) is 5.99. The minimum absolute atomic E-state index is 0. The maximum Gasteiger partial charge on any atom is 0.224 e. The lowest BCUT2D eigenvalue weighted by atomic mass is 9.91. The van der Waals surface area contributed by atoms with Crippen molar-refractivity contribution in [3.8, 4) is 0 Å². The normalized spacial score (nSPS) is 21.4. The van der Waals surface area contributed by atoms with Gasteiger partial charge in [0.05, 0.1) is 17.1 Å². The number of para-hydroxylation sites is 2. The van der Waals surface area contributed by atoms with Gasteiger partial charge in [0.25, 0.3) is 0 Å². The van der Waals surface area contributed by atoms with E-state index in [0.29, 0.717) is 6.04 Å². The van der Waals surface area contributed by atoms with Crippen LogP contribution in [-0.2, 0) is 4.79 Å². The third kappa shape index (κ3) is 3.96. The van der Waals surface area contributed by atoms with Crippen LogP contribution < -0.4 is 10.6 Å². The second kappa shape index (κ2) is 8.38. The van der Waals surface area contributed by atoms with Gasteiger partial charge < -0.3 is 15.2 Å². The Morgan fingerprint density at radius 3 is 2.56 bits per heavy atom. The van der Waals surface area contributed by atoms with E-state index in [9.17, 15) is 4.79 Å². The van der Waals surface area contributed by atoms with E-state index in [0.717, 1.165) is 49.2 Å². The molecule has 150 valence electrons. The average Bonchev–Trinajstić information content (AvgIpc) is 3.14. The number of hydrogen-bond acceptors (Lipinski definition) is 3. The van der Waals surface area contributed by atoms with Crippen LogP contribution in [0, 0.1) is 11.3 Å². The second-order valence-electron chi connectivity index (χ2n) is 8.02. The van der Waals surface area contributed by atoms with Gasteiger partial charge in [0.2, 0.25) is 5.91 Å². The number of aromatic nitrogens is 2. The maximum atomic E-state index is 12.8. The van der Waals surface area contributed by atoms with Crippen molar-refractivity contribution in [2.45, 2.75) is 52.1 Å². The van der Waals surface area contributed by atoms with Crippen LogP contribution in [0.25, 0.3) is 11.0 Å². The van der Waals surface area contributed by atoms with Crippen LogP contribution in [0.2, 0.25) is 0 Å². The van der Waals surface area contributed by atoms with Gasteiger partial charge in [-0.05, 0) is 70.7 Å². The molecule has 1 aromatic heterocycles. The smallest absolute Gasteiger partial charge is 0.224 e. The number of fused-ring (bicyclic) bond motifs is 1. The van der Waals surface area contributed by atoms with Crippen molar-refractivity contribution in [2.75, 3.05) is 13.1 Å². The van der Waals surface area contributed by atoms with E-state index in [1.54, 1.807) is 0 Å². The SMILES string of the molecule is CC(NC(=O)C1CC12CCNCC2)c1nc2ccccc2n1C(C)C.Cl.Cl. The first-order valence-electron chi connectivity index (χ1n) is 9.50. The number of amides is 1. The van der Waals surface area contributed by atoms with Crippen LogP contribution in [0.15, 0.2) is 24.3 Å². The summed E-state index contributed by atoms with van der Waals surface area (Å²) >= 11 is 0. The summed E-state index contributed by atoms with van der Waals surface area (Å²) in [6.45, 7) is 8.47. The van der Waals surface area contributed by atoms with Crippen molar-refractivity contribution in [1.29, 1.82) is 0 Å². The van der Waals surface area contributed by atoms with Gasteiger partial charge in [-0.1, -0.05) is 12.1 Å². The number of piperidine rings is 1. The van der Waals surface area contributed by atoms with Gasteiger partial charge in [-0.25, -0.2) is 4.98 Å². The molecule has 1 aliphatic heterocycles. The van der Waals surface area contributed by atoms with Crippen LogP contribution in [0.4, 0.5) is 0 Å². The maximum absolute atomic E-state index is 12.8. The van der Waals surface area contributed by atoms with E-state index in [-0.39, 0.29) is 48.1 Å². The molecule has 2 aromatic rings. The lowest BCUT2D eigenvalue weighted by molar-refractivity contribution is -0.124. The summed E-state index contributed by atoms with van der Waals surface area (Å²) in [5.74, 6) is 1.34. The van der Waals surface area contributed by atoms with Crippen LogP contribution in [0.5, 0.6) is 0 Å². The third-order valence-corrected chi connectivity index (χ3v) is 5.99. The first-order chi connectivity index (χ1) is 12.0. The van der Waals surface area contributed by atoms with Crippen LogP contribution >= 0.6 is 24.8 Å². The van der Waals surface area contributed by atoms with Crippen molar-refractivity contribution in [1.82, 2.24) is 20.2 Å². The van der Waals surface area contributed by atoms with Crippen molar-refractivity contribution in [3.63, 3.8) is 0 Å². The lowest BCUT2D eigenvalue weighted by Crippen LogP contribution is -2.35. The summed E-state index contributed by atoms with van der Waals surface area (Å²) in [6.07, 6.45) is 3.31. The summed E-state index contributed by atoms with van der Waals surface area (Å²) in [4.78, 5) is 17.6. The summed E-state index contributed by atoms with van der Waals surface area (Å²) < 4.78 is 2.24. The molecule has 2 N–H and O–H groups in total. The topological polar surface area (TPSA) is 59.0 Å². The zero-order valence-electron chi connectivity index (χ0n) is 16.2. The minimum atomic E-state index is -0.0818. The largest absolute Gasteiger partial charge is 0.346 e. The van der Waals surface area contributed by atoms with E-state index in [1.165, 1.54) is 0 Å². The van der Waals surface area contributed by atoms with Gasteiger partial charge >= 0.3 is 0 Å². The Morgan fingerprint density at radius 2 is 1.89 bits per heavy atom. The Hall–Kier alpha value is -1.30. The second-order valence-corrected chi connectivity index (χ2v) is 8.02. The highest BCUT2D eigenvalue weighted by atomic mass is 35.5. The van der Waals surface area contributed by atoms with E-state index >= 15 is 0 Å². The monoisotopic (exact) mass is 412 g/mol. The molecule has 0 radical (unpaired) electrons. The van der Waals surface area contributed by atoms with E-state index in [4.69, 9.17) is 4.98 Å². The van der Waals surface area contributed by atoms with Crippen LogP contribution in [0.3, 0.4) is 0 Å². The summed E-state index contributed by atoms with van der Waals surface area (Å²) in [5, 5.41) is 6.64. The molecule has 1 saturated carbocycles. The quantitative estimate of drug-likeness (QED) is 0.796. The molecule has 1 saturated heterocycles. The Morgan fingerprint density at radius 1 is 1.22 bits per heavy atom. The summed E-state index contributed by atoms with van der Waals surface area (Å²) in [6, 6.07) is 8.42. The Kier molecular flexibility index (Phi) is 6.82. The summed E-state index contributed by atoms with van der Waals surface area (Å²) in [7, 11) is 0. The molecule has 2 aliphatic rings. The van der Waals surface area contributed by atoms with Crippen molar-refractivity contribution < 1.29 is 4.79 Å². The zero-order chi connectivity index (χ0) is 17.6. The van der Waals surface area contributed by atoms with Crippen LogP contribution in [-0.4, -0.2) is 28.5 Å². The Labute approximate surface area is 173 Å². The predicted octanol–water partition coefficient (Wildman–Crippen LogP) is 4.03. The highest BCUT2D eigenvalue weighted by molar-refractivity contribution is 5.85. The van der Waals surface area contributed by atoms with Crippen molar-refractivity contribution in [2.24, 2.45) is 11.3 Å². The number of carbonyl (C=O) groups is 1. The fourth-order valence-corrected chi connectivity index (χ4v) is 4.49. The molecule has 27 heavy (non-hydrogen) atoms. The first kappa shape index (κ1) is 22.0. The van der Waals surface area contributed by atoms with Crippen LogP contribution in [0.1, 0.15) is 57.9 Å². The lowest BCUT2D eigenvalue weighted by Gasteiger charge is -2.24. The molecule has 2 atom stereocenters. The van der Waals surface area contributed by atoms with Crippen molar-refractivity contribution in [3.05, 3.63) is 30.1 Å². The van der Waals surface area contributed by atoms with Gasteiger partial charge in [0.1, 0.15) is 5.82 Å². The minimum Gasteiger partial charge on any atom is -0.346 e. The predicted molar refractivity (Wildman–Crippen MR) is 114 cm³/mol. The molecular formula is C20H30Cl2N4O. The Balaban J connectivity index is 0.00000131. The van der Waals surface area contributed by atoms with Gasteiger partial charge in [-0.3, -0.25) is 4.79 Å². The molecule has 5 nitrogen and oxygen atoms in total.